The molecule has 5 nitrogen and oxygen atoms in total. The largest absolute Gasteiger partial charge is 0.354 e. The normalized spacial score (nSPS) is 34.6. The van der Waals surface area contributed by atoms with Gasteiger partial charge in [-0.1, -0.05) is 0 Å². The molecule has 0 atom stereocenters. The van der Waals surface area contributed by atoms with E-state index < -0.39 is 0 Å². The number of hydrogen-bond donors (Lipinski definition) is 1. The van der Waals surface area contributed by atoms with Crippen LogP contribution < -0.4 is 10.9 Å². The summed E-state index contributed by atoms with van der Waals surface area (Å²) < 4.78 is 1.56. The highest BCUT2D eigenvalue weighted by Gasteiger charge is 2.54. The fourth-order valence-electron chi connectivity index (χ4n) is 5.55. The molecule has 4 fully saturated rings. The van der Waals surface area contributed by atoms with Gasteiger partial charge in [0.2, 0.25) is 5.91 Å². The monoisotopic (exact) mass is 315 g/mol. The van der Waals surface area contributed by atoms with Crippen LogP contribution in [0.5, 0.6) is 0 Å². The van der Waals surface area contributed by atoms with E-state index in [4.69, 9.17) is 0 Å². The van der Waals surface area contributed by atoms with Crippen molar-refractivity contribution < 1.29 is 4.79 Å². The van der Waals surface area contributed by atoms with Crippen molar-refractivity contribution in [2.24, 2.45) is 23.2 Å². The fourth-order valence-corrected chi connectivity index (χ4v) is 5.55. The first-order chi connectivity index (χ1) is 11.0. The summed E-state index contributed by atoms with van der Waals surface area (Å²) in [5, 5.41) is 3.10. The number of amides is 1. The van der Waals surface area contributed by atoms with Crippen molar-refractivity contribution in [1.29, 1.82) is 0 Å². The Balaban J connectivity index is 1.38. The minimum Gasteiger partial charge on any atom is -0.354 e. The predicted octanol–water partition coefficient (Wildman–Crippen LogP) is 1.88. The van der Waals surface area contributed by atoms with Gasteiger partial charge in [-0.3, -0.25) is 14.2 Å². The van der Waals surface area contributed by atoms with Crippen LogP contribution >= 0.6 is 0 Å². The van der Waals surface area contributed by atoms with Gasteiger partial charge in [0, 0.05) is 30.3 Å². The summed E-state index contributed by atoms with van der Waals surface area (Å²) >= 11 is 0. The first-order valence-electron chi connectivity index (χ1n) is 8.85. The second kappa shape index (κ2) is 5.46. The van der Waals surface area contributed by atoms with Crippen molar-refractivity contribution in [3.8, 4) is 0 Å². The van der Waals surface area contributed by atoms with E-state index in [1.165, 1.54) is 25.3 Å². The zero-order chi connectivity index (χ0) is 16.0. The topological polar surface area (TPSA) is 64.0 Å². The van der Waals surface area contributed by atoms with Crippen LogP contribution in [0, 0.1) is 30.1 Å². The van der Waals surface area contributed by atoms with Crippen molar-refractivity contribution >= 4 is 5.91 Å². The van der Waals surface area contributed by atoms with Crippen LogP contribution in [0.2, 0.25) is 0 Å². The molecule has 124 valence electrons. The minimum atomic E-state index is -0.106. The molecule has 1 aromatic rings. The molecule has 4 bridgehead atoms. The van der Waals surface area contributed by atoms with Crippen molar-refractivity contribution in [2.75, 3.05) is 6.54 Å². The van der Waals surface area contributed by atoms with Gasteiger partial charge in [0.05, 0.1) is 6.33 Å². The SMILES string of the molecule is Cc1cc(=O)n(CCNC(=O)C23CC4CC(CC(C4)C2)C3)cn1. The Kier molecular flexibility index (Phi) is 3.54. The lowest BCUT2D eigenvalue weighted by Crippen LogP contribution is -2.54. The Morgan fingerprint density at radius 2 is 1.87 bits per heavy atom. The molecule has 4 saturated carbocycles. The van der Waals surface area contributed by atoms with E-state index in [2.05, 4.69) is 10.3 Å². The van der Waals surface area contributed by atoms with Gasteiger partial charge < -0.3 is 5.32 Å². The summed E-state index contributed by atoms with van der Waals surface area (Å²) in [4.78, 5) is 28.8. The zero-order valence-electron chi connectivity index (χ0n) is 13.8. The maximum atomic E-state index is 12.8. The van der Waals surface area contributed by atoms with E-state index in [0.29, 0.717) is 13.1 Å². The highest BCUT2D eigenvalue weighted by atomic mass is 16.2. The third-order valence-corrected chi connectivity index (χ3v) is 6.17. The van der Waals surface area contributed by atoms with Gasteiger partial charge in [0.15, 0.2) is 0 Å². The maximum absolute atomic E-state index is 12.8. The summed E-state index contributed by atoms with van der Waals surface area (Å²) in [6.45, 7) is 2.80. The van der Waals surface area contributed by atoms with Crippen LogP contribution in [0.1, 0.15) is 44.2 Å². The zero-order valence-corrected chi connectivity index (χ0v) is 13.8. The average molecular weight is 315 g/mol. The smallest absolute Gasteiger partial charge is 0.253 e. The third-order valence-electron chi connectivity index (χ3n) is 6.17. The first-order valence-corrected chi connectivity index (χ1v) is 8.85. The quantitative estimate of drug-likeness (QED) is 0.923. The number of nitrogens with one attached hydrogen (secondary N) is 1. The van der Waals surface area contributed by atoms with Gasteiger partial charge in [-0.15, -0.1) is 0 Å². The molecule has 5 rings (SSSR count). The van der Waals surface area contributed by atoms with Crippen molar-refractivity contribution in [3.05, 3.63) is 28.4 Å². The third kappa shape index (κ3) is 2.70. The molecule has 5 heteroatoms. The summed E-state index contributed by atoms with van der Waals surface area (Å²) in [6.07, 6.45) is 8.84. The van der Waals surface area contributed by atoms with Crippen molar-refractivity contribution in [1.82, 2.24) is 14.9 Å². The highest BCUT2D eigenvalue weighted by Crippen LogP contribution is 2.60. The highest BCUT2D eigenvalue weighted by molar-refractivity contribution is 5.83. The Labute approximate surface area is 136 Å². The predicted molar refractivity (Wildman–Crippen MR) is 86.8 cm³/mol. The number of carbonyl (C=O) groups excluding carboxylic acids is 1. The van der Waals surface area contributed by atoms with Crippen LogP contribution in [-0.4, -0.2) is 22.0 Å². The number of rotatable bonds is 4. The molecule has 1 N–H and O–H groups in total. The van der Waals surface area contributed by atoms with E-state index in [9.17, 15) is 9.59 Å². The second-order valence-corrected chi connectivity index (χ2v) is 8.02. The van der Waals surface area contributed by atoms with Crippen LogP contribution in [0.4, 0.5) is 0 Å². The van der Waals surface area contributed by atoms with Crippen LogP contribution in [0.25, 0.3) is 0 Å². The van der Waals surface area contributed by atoms with E-state index in [1.54, 1.807) is 17.8 Å². The molecule has 0 saturated heterocycles. The fraction of sp³-hybridized carbons (Fsp3) is 0.722. The van der Waals surface area contributed by atoms with Gasteiger partial charge in [0.25, 0.3) is 5.56 Å². The molecular weight excluding hydrogens is 290 g/mol. The van der Waals surface area contributed by atoms with E-state index >= 15 is 0 Å². The lowest BCUT2D eigenvalue weighted by atomic mass is 9.49. The number of aromatic nitrogens is 2. The van der Waals surface area contributed by atoms with E-state index in [-0.39, 0.29) is 16.9 Å². The molecule has 1 aromatic heterocycles. The summed E-state index contributed by atoms with van der Waals surface area (Å²) in [5.41, 5.74) is 0.566. The number of carbonyl (C=O) groups is 1. The molecule has 4 aliphatic carbocycles. The summed E-state index contributed by atoms with van der Waals surface area (Å²) in [6, 6.07) is 1.53. The summed E-state index contributed by atoms with van der Waals surface area (Å²) in [5.74, 6) is 2.55. The van der Waals surface area contributed by atoms with Crippen molar-refractivity contribution in [3.63, 3.8) is 0 Å². The number of nitrogens with zero attached hydrogens (tertiary/aromatic N) is 2. The Bertz CT molecular complexity index is 644. The lowest BCUT2D eigenvalue weighted by Gasteiger charge is -2.55. The molecule has 1 amide bonds. The van der Waals surface area contributed by atoms with Gasteiger partial charge in [-0.2, -0.15) is 0 Å². The second-order valence-electron chi connectivity index (χ2n) is 8.02. The van der Waals surface area contributed by atoms with Crippen LogP contribution in [-0.2, 0) is 11.3 Å². The van der Waals surface area contributed by atoms with Crippen LogP contribution in [0.15, 0.2) is 17.2 Å². The molecule has 0 unspecified atom stereocenters. The van der Waals surface area contributed by atoms with Crippen LogP contribution in [0.3, 0.4) is 0 Å². The minimum absolute atomic E-state index is 0.0541. The van der Waals surface area contributed by atoms with Gasteiger partial charge >= 0.3 is 0 Å². The average Bonchev–Trinajstić information content (AvgIpc) is 2.48. The lowest BCUT2D eigenvalue weighted by molar-refractivity contribution is -0.146. The van der Waals surface area contributed by atoms with Crippen molar-refractivity contribution in [2.45, 2.75) is 52.0 Å². The summed E-state index contributed by atoms with van der Waals surface area (Å²) in [7, 11) is 0. The molecule has 0 spiro atoms. The van der Waals surface area contributed by atoms with Gasteiger partial charge in [-0.25, -0.2) is 4.98 Å². The van der Waals surface area contributed by atoms with Gasteiger partial charge in [-0.05, 0) is 63.2 Å². The first kappa shape index (κ1) is 14.9. The number of aryl methyl sites for hydroxylation is 1. The molecule has 0 aliphatic heterocycles. The Hall–Kier alpha value is -1.65. The molecule has 1 heterocycles. The standard InChI is InChI=1S/C18H25N3O2/c1-12-4-16(22)21(11-20-12)3-2-19-17(23)18-8-13-5-14(9-18)7-15(6-13)10-18/h4,11,13-15H,2-3,5-10H2,1H3,(H,19,23). The molecule has 0 radical (unpaired) electrons. The van der Waals surface area contributed by atoms with E-state index in [1.807, 2.05) is 0 Å². The maximum Gasteiger partial charge on any atom is 0.253 e. The molecule has 0 aromatic carbocycles. The Morgan fingerprint density at radius 1 is 1.26 bits per heavy atom. The molecule has 23 heavy (non-hydrogen) atoms. The Morgan fingerprint density at radius 3 is 2.43 bits per heavy atom. The van der Waals surface area contributed by atoms with E-state index in [0.717, 1.165) is 42.7 Å². The number of hydrogen-bond acceptors (Lipinski definition) is 3. The molecular formula is C18H25N3O2. The van der Waals surface area contributed by atoms with Gasteiger partial charge in [0.1, 0.15) is 0 Å². The molecule has 4 aliphatic rings.